The number of para-hydroxylation sites is 1. The predicted molar refractivity (Wildman–Crippen MR) is 111 cm³/mol. The summed E-state index contributed by atoms with van der Waals surface area (Å²) in [5.41, 5.74) is 2.08. The summed E-state index contributed by atoms with van der Waals surface area (Å²) in [7, 11) is 1.28. The zero-order valence-electron chi connectivity index (χ0n) is 15.7. The van der Waals surface area contributed by atoms with Gasteiger partial charge in [-0.3, -0.25) is 9.59 Å². The molecule has 0 atom stereocenters. The van der Waals surface area contributed by atoms with Crippen LogP contribution >= 0.6 is 11.3 Å². The van der Waals surface area contributed by atoms with Crippen LogP contribution < -0.4 is 10.6 Å². The Hall–Kier alpha value is -3.52. The maximum absolute atomic E-state index is 12.3. The van der Waals surface area contributed by atoms with E-state index in [4.69, 9.17) is 4.74 Å². The predicted octanol–water partition coefficient (Wildman–Crippen LogP) is 3.29. The molecular formula is C21H19N3O4S. The highest BCUT2D eigenvalue weighted by molar-refractivity contribution is 7.13. The van der Waals surface area contributed by atoms with E-state index in [9.17, 15) is 14.4 Å². The van der Waals surface area contributed by atoms with E-state index in [2.05, 4.69) is 15.6 Å². The number of rotatable bonds is 7. The first-order chi connectivity index (χ1) is 14.0. The molecule has 2 aromatic carbocycles. The minimum atomic E-state index is -0.530. The number of anilines is 2. The Bertz CT molecular complexity index is 1020. The number of methoxy groups -OCH3 is 1. The summed E-state index contributed by atoms with van der Waals surface area (Å²) in [6.07, 6.45) is 0.265. The summed E-state index contributed by atoms with van der Waals surface area (Å²) in [5.74, 6) is -1.03. The SMILES string of the molecule is COC(=O)c1ccccc1NC(=O)Cc1csc(NC(=O)Cc2ccccc2)n1. The first-order valence-corrected chi connectivity index (χ1v) is 9.68. The molecule has 8 heteroatoms. The largest absolute Gasteiger partial charge is 0.465 e. The summed E-state index contributed by atoms with van der Waals surface area (Å²) in [6, 6.07) is 16.0. The fraction of sp³-hybridized carbons (Fsp3) is 0.143. The molecule has 0 spiro atoms. The number of amides is 2. The highest BCUT2D eigenvalue weighted by Gasteiger charge is 2.15. The van der Waals surface area contributed by atoms with Crippen molar-refractivity contribution in [1.29, 1.82) is 0 Å². The average molecular weight is 409 g/mol. The molecule has 0 saturated carbocycles. The molecule has 2 amide bonds. The number of nitrogens with one attached hydrogen (secondary N) is 2. The number of hydrogen-bond donors (Lipinski definition) is 2. The van der Waals surface area contributed by atoms with Crippen molar-refractivity contribution in [3.63, 3.8) is 0 Å². The van der Waals surface area contributed by atoms with E-state index in [-0.39, 0.29) is 30.2 Å². The number of nitrogens with zero attached hydrogens (tertiary/aromatic N) is 1. The number of benzene rings is 2. The molecule has 1 heterocycles. The fourth-order valence-electron chi connectivity index (χ4n) is 2.63. The number of aromatic nitrogens is 1. The molecule has 0 bridgehead atoms. The van der Waals surface area contributed by atoms with Gasteiger partial charge in [-0.25, -0.2) is 9.78 Å². The van der Waals surface area contributed by atoms with Crippen LogP contribution in [0.25, 0.3) is 0 Å². The summed E-state index contributed by atoms with van der Waals surface area (Å²) >= 11 is 1.25. The van der Waals surface area contributed by atoms with E-state index in [0.29, 0.717) is 16.5 Å². The lowest BCUT2D eigenvalue weighted by Crippen LogP contribution is -2.17. The van der Waals surface area contributed by atoms with E-state index < -0.39 is 5.97 Å². The summed E-state index contributed by atoms with van der Waals surface area (Å²) < 4.78 is 4.72. The topological polar surface area (TPSA) is 97.4 Å². The van der Waals surface area contributed by atoms with Gasteiger partial charge >= 0.3 is 5.97 Å². The molecule has 3 aromatic rings. The molecule has 0 aliphatic rings. The highest BCUT2D eigenvalue weighted by Crippen LogP contribution is 2.19. The number of carbonyl (C=O) groups excluding carboxylic acids is 3. The van der Waals surface area contributed by atoms with Crippen molar-refractivity contribution in [2.45, 2.75) is 12.8 Å². The first kappa shape index (κ1) is 20.2. The van der Waals surface area contributed by atoms with Crippen LogP contribution in [0.3, 0.4) is 0 Å². The molecule has 0 aliphatic heterocycles. The van der Waals surface area contributed by atoms with Crippen LogP contribution in [0.1, 0.15) is 21.6 Å². The van der Waals surface area contributed by atoms with Gasteiger partial charge in [0.15, 0.2) is 5.13 Å². The van der Waals surface area contributed by atoms with Gasteiger partial charge in [0.1, 0.15) is 0 Å². The fourth-order valence-corrected chi connectivity index (χ4v) is 3.36. The van der Waals surface area contributed by atoms with Gasteiger partial charge in [0.2, 0.25) is 11.8 Å². The lowest BCUT2D eigenvalue weighted by molar-refractivity contribution is -0.116. The van der Waals surface area contributed by atoms with Gasteiger partial charge in [-0.15, -0.1) is 11.3 Å². The molecule has 148 valence electrons. The van der Waals surface area contributed by atoms with Crippen LogP contribution in [0.4, 0.5) is 10.8 Å². The van der Waals surface area contributed by atoms with Crippen molar-refractivity contribution in [3.05, 3.63) is 76.8 Å². The molecule has 7 nitrogen and oxygen atoms in total. The maximum Gasteiger partial charge on any atom is 0.339 e. The van der Waals surface area contributed by atoms with E-state index in [1.54, 1.807) is 29.6 Å². The van der Waals surface area contributed by atoms with E-state index in [1.165, 1.54) is 18.4 Å². The zero-order valence-corrected chi connectivity index (χ0v) is 16.5. The van der Waals surface area contributed by atoms with Crippen molar-refractivity contribution in [3.8, 4) is 0 Å². The monoisotopic (exact) mass is 409 g/mol. The zero-order chi connectivity index (χ0) is 20.6. The summed E-state index contributed by atoms with van der Waals surface area (Å²) in [4.78, 5) is 40.5. The molecule has 0 aliphatic carbocycles. The second-order valence-electron chi connectivity index (χ2n) is 6.12. The van der Waals surface area contributed by atoms with E-state index >= 15 is 0 Å². The molecule has 29 heavy (non-hydrogen) atoms. The first-order valence-electron chi connectivity index (χ1n) is 8.80. The highest BCUT2D eigenvalue weighted by atomic mass is 32.1. The van der Waals surface area contributed by atoms with Crippen molar-refractivity contribution < 1.29 is 19.1 Å². The molecule has 0 fully saturated rings. The normalized spacial score (nSPS) is 10.2. The van der Waals surface area contributed by atoms with E-state index in [1.807, 2.05) is 30.3 Å². The maximum atomic E-state index is 12.3. The minimum Gasteiger partial charge on any atom is -0.465 e. The van der Waals surface area contributed by atoms with Gasteiger partial charge in [-0.2, -0.15) is 0 Å². The van der Waals surface area contributed by atoms with Crippen molar-refractivity contribution >= 4 is 39.9 Å². The summed E-state index contributed by atoms with van der Waals surface area (Å²) in [6.45, 7) is 0. The lowest BCUT2D eigenvalue weighted by Gasteiger charge is -2.08. The van der Waals surface area contributed by atoms with Crippen LogP contribution in [-0.4, -0.2) is 29.9 Å². The van der Waals surface area contributed by atoms with Gasteiger partial charge in [0, 0.05) is 5.38 Å². The smallest absolute Gasteiger partial charge is 0.339 e. The number of carbonyl (C=O) groups is 3. The molecule has 3 rings (SSSR count). The molecule has 0 saturated heterocycles. The standard InChI is InChI=1S/C21H19N3O4S/c1-28-20(27)16-9-5-6-10-17(16)23-19(26)12-15-13-29-21(22-15)24-18(25)11-14-7-3-2-4-8-14/h2-10,13H,11-12H2,1H3,(H,23,26)(H,22,24,25). The van der Waals surface area contributed by atoms with Gasteiger partial charge in [-0.1, -0.05) is 42.5 Å². The summed E-state index contributed by atoms with van der Waals surface area (Å²) in [5, 5.41) is 7.58. The number of ether oxygens (including phenoxy) is 1. The van der Waals surface area contributed by atoms with Gasteiger partial charge in [-0.05, 0) is 17.7 Å². The Balaban J connectivity index is 1.57. The number of hydrogen-bond acceptors (Lipinski definition) is 6. The molecular weight excluding hydrogens is 390 g/mol. The molecule has 2 N–H and O–H groups in total. The Morgan fingerprint density at radius 1 is 0.931 bits per heavy atom. The molecule has 0 radical (unpaired) electrons. The molecule has 1 aromatic heterocycles. The Labute approximate surface area is 171 Å². The Morgan fingerprint density at radius 2 is 1.62 bits per heavy atom. The van der Waals surface area contributed by atoms with Crippen LogP contribution in [0, 0.1) is 0 Å². The van der Waals surface area contributed by atoms with Gasteiger partial charge in [0.25, 0.3) is 0 Å². The van der Waals surface area contributed by atoms with Crippen molar-refractivity contribution in [2.75, 3.05) is 17.7 Å². The van der Waals surface area contributed by atoms with Gasteiger partial charge < -0.3 is 15.4 Å². The molecule has 0 unspecified atom stereocenters. The number of thiazole rings is 1. The van der Waals surface area contributed by atoms with E-state index in [0.717, 1.165) is 5.56 Å². The minimum absolute atomic E-state index is 0.0144. The second-order valence-corrected chi connectivity index (χ2v) is 6.97. The lowest BCUT2D eigenvalue weighted by atomic mass is 10.1. The van der Waals surface area contributed by atoms with Crippen LogP contribution in [0.5, 0.6) is 0 Å². The van der Waals surface area contributed by atoms with Crippen LogP contribution in [0.2, 0.25) is 0 Å². The Kier molecular flexibility index (Phi) is 6.70. The van der Waals surface area contributed by atoms with Crippen LogP contribution in [0.15, 0.2) is 60.0 Å². The Morgan fingerprint density at radius 3 is 2.38 bits per heavy atom. The van der Waals surface area contributed by atoms with Crippen LogP contribution in [-0.2, 0) is 27.2 Å². The second kappa shape index (κ2) is 9.61. The third-order valence-corrected chi connectivity index (χ3v) is 4.76. The third-order valence-electron chi connectivity index (χ3n) is 3.95. The van der Waals surface area contributed by atoms with Crippen molar-refractivity contribution in [1.82, 2.24) is 4.98 Å². The third kappa shape index (κ3) is 5.73. The average Bonchev–Trinajstić information content (AvgIpc) is 3.14. The number of esters is 1. The van der Waals surface area contributed by atoms with Crippen molar-refractivity contribution in [2.24, 2.45) is 0 Å². The van der Waals surface area contributed by atoms with Gasteiger partial charge in [0.05, 0.1) is 36.9 Å². The quantitative estimate of drug-likeness (QED) is 0.584.